The maximum Gasteiger partial charge on any atom is 0.328 e. The van der Waals surface area contributed by atoms with Crippen molar-refractivity contribution in [3.63, 3.8) is 0 Å². The molecule has 0 aromatic heterocycles. The van der Waals surface area contributed by atoms with E-state index in [0.717, 1.165) is 16.9 Å². The van der Waals surface area contributed by atoms with Crippen LogP contribution in [0.15, 0.2) is 60.7 Å². The summed E-state index contributed by atoms with van der Waals surface area (Å²) in [5.74, 6) is 0.360. The lowest BCUT2D eigenvalue weighted by Crippen LogP contribution is -2.47. The van der Waals surface area contributed by atoms with E-state index in [-0.39, 0.29) is 11.9 Å². The number of ether oxygens (including phenoxy) is 1. The van der Waals surface area contributed by atoms with E-state index in [1.807, 2.05) is 66.9 Å². The van der Waals surface area contributed by atoms with Crippen molar-refractivity contribution in [2.24, 2.45) is 0 Å². The van der Waals surface area contributed by atoms with Gasteiger partial charge < -0.3 is 15.4 Å². The van der Waals surface area contributed by atoms with Crippen molar-refractivity contribution < 1.29 is 14.3 Å². The Labute approximate surface area is 164 Å². The van der Waals surface area contributed by atoms with E-state index >= 15 is 0 Å². The largest absolute Gasteiger partial charge is 0.467 e. The minimum atomic E-state index is -0.644. The maximum absolute atomic E-state index is 12.4. The van der Waals surface area contributed by atoms with Crippen molar-refractivity contribution in [1.82, 2.24) is 10.6 Å². The number of carbonyl (C=O) groups excluding carboxylic acids is 2. The van der Waals surface area contributed by atoms with Gasteiger partial charge in [0.05, 0.1) is 7.11 Å². The molecular weight excluding hydrogens is 360 g/mol. The first kappa shape index (κ1) is 20.8. The van der Waals surface area contributed by atoms with Crippen LogP contribution in [-0.2, 0) is 9.53 Å². The molecule has 0 saturated heterocycles. The lowest BCUT2D eigenvalue weighted by molar-refractivity contribution is -0.142. The standard InChI is InChI=1S/C21H26N2O3S/c1-26-20(24)19(13-14-27-2)23-21(25)22-15-18(16-9-5-3-6-10-16)17-11-7-4-8-12-17/h3-12,18-19H,13-15H2,1-2H3,(H2,22,23,25)/t19-/m0/s1. The van der Waals surface area contributed by atoms with Gasteiger partial charge in [0.2, 0.25) is 0 Å². The van der Waals surface area contributed by atoms with Crippen LogP contribution in [0.1, 0.15) is 23.5 Å². The number of nitrogens with one attached hydrogen (secondary N) is 2. The van der Waals surface area contributed by atoms with E-state index in [1.54, 1.807) is 11.8 Å². The van der Waals surface area contributed by atoms with Gasteiger partial charge in [0.1, 0.15) is 6.04 Å². The highest BCUT2D eigenvalue weighted by molar-refractivity contribution is 7.98. The molecule has 0 spiro atoms. The number of thioether (sulfide) groups is 1. The summed E-state index contributed by atoms with van der Waals surface area (Å²) < 4.78 is 4.78. The Morgan fingerprint density at radius 1 is 1.00 bits per heavy atom. The molecule has 0 bridgehead atoms. The summed E-state index contributed by atoms with van der Waals surface area (Å²) in [6.45, 7) is 0.427. The predicted octanol–water partition coefficient (Wildman–Crippen LogP) is 3.41. The summed E-state index contributed by atoms with van der Waals surface area (Å²) in [5.41, 5.74) is 2.24. The normalized spacial score (nSPS) is 11.7. The van der Waals surface area contributed by atoms with Gasteiger partial charge in [-0.2, -0.15) is 11.8 Å². The first-order valence-electron chi connectivity index (χ1n) is 8.86. The molecule has 6 heteroatoms. The molecule has 0 aliphatic carbocycles. The van der Waals surface area contributed by atoms with Gasteiger partial charge in [-0.1, -0.05) is 60.7 Å². The third-order valence-corrected chi connectivity index (χ3v) is 4.92. The fourth-order valence-electron chi connectivity index (χ4n) is 2.83. The zero-order valence-corrected chi connectivity index (χ0v) is 16.5. The van der Waals surface area contributed by atoms with Crippen molar-refractivity contribution in [1.29, 1.82) is 0 Å². The number of benzene rings is 2. The topological polar surface area (TPSA) is 67.4 Å². The number of rotatable bonds is 9. The lowest BCUT2D eigenvalue weighted by atomic mass is 9.91. The molecule has 144 valence electrons. The zero-order valence-electron chi connectivity index (χ0n) is 15.7. The van der Waals surface area contributed by atoms with E-state index in [2.05, 4.69) is 10.6 Å². The SMILES string of the molecule is COC(=O)[C@H](CCSC)NC(=O)NCC(c1ccccc1)c1ccccc1. The van der Waals surface area contributed by atoms with Crippen molar-refractivity contribution >= 4 is 23.8 Å². The van der Waals surface area contributed by atoms with E-state index in [9.17, 15) is 9.59 Å². The molecule has 2 rings (SSSR count). The molecule has 2 aromatic carbocycles. The second kappa shape index (κ2) is 11.3. The Hall–Kier alpha value is -2.47. The quantitative estimate of drug-likeness (QED) is 0.648. The van der Waals surface area contributed by atoms with Crippen LogP contribution in [-0.4, -0.2) is 43.7 Å². The summed E-state index contributed by atoms with van der Waals surface area (Å²) in [4.78, 5) is 24.2. The third-order valence-electron chi connectivity index (χ3n) is 4.27. The van der Waals surface area contributed by atoms with Crippen LogP contribution >= 0.6 is 11.8 Å². The van der Waals surface area contributed by atoms with Crippen LogP contribution < -0.4 is 10.6 Å². The van der Waals surface area contributed by atoms with Crippen molar-refractivity contribution in [2.45, 2.75) is 18.4 Å². The Bertz CT molecular complexity index is 670. The molecule has 0 radical (unpaired) electrons. The Balaban J connectivity index is 2.03. The Morgan fingerprint density at radius 3 is 2.04 bits per heavy atom. The van der Waals surface area contributed by atoms with Gasteiger partial charge in [0, 0.05) is 12.5 Å². The molecule has 0 fully saturated rings. The Morgan fingerprint density at radius 2 is 1.56 bits per heavy atom. The molecule has 0 aliphatic heterocycles. The highest BCUT2D eigenvalue weighted by Crippen LogP contribution is 2.23. The van der Waals surface area contributed by atoms with Crippen LogP contribution in [0.4, 0.5) is 4.79 Å². The lowest BCUT2D eigenvalue weighted by Gasteiger charge is -2.21. The molecule has 27 heavy (non-hydrogen) atoms. The number of urea groups is 1. The van der Waals surface area contributed by atoms with Crippen LogP contribution in [0.3, 0.4) is 0 Å². The van der Waals surface area contributed by atoms with Crippen LogP contribution in [0.2, 0.25) is 0 Å². The molecule has 2 amide bonds. The van der Waals surface area contributed by atoms with Gasteiger partial charge in [0.15, 0.2) is 0 Å². The molecule has 0 saturated carbocycles. The molecule has 0 unspecified atom stereocenters. The monoisotopic (exact) mass is 386 g/mol. The molecule has 2 N–H and O–H groups in total. The molecule has 2 aromatic rings. The van der Waals surface area contributed by atoms with Gasteiger partial charge >= 0.3 is 12.0 Å². The molecule has 0 aliphatic rings. The number of hydrogen-bond acceptors (Lipinski definition) is 4. The Kier molecular flexibility index (Phi) is 8.71. The fraction of sp³-hybridized carbons (Fsp3) is 0.333. The zero-order chi connectivity index (χ0) is 19.5. The van der Waals surface area contributed by atoms with E-state index in [4.69, 9.17) is 4.74 Å². The predicted molar refractivity (Wildman–Crippen MR) is 110 cm³/mol. The first-order chi connectivity index (χ1) is 13.2. The summed E-state index contributed by atoms with van der Waals surface area (Å²) >= 11 is 1.62. The second-order valence-corrected chi connectivity index (χ2v) is 7.07. The van der Waals surface area contributed by atoms with Gasteiger partial charge in [-0.05, 0) is 29.6 Å². The second-order valence-electron chi connectivity index (χ2n) is 6.09. The molecule has 0 heterocycles. The number of methoxy groups -OCH3 is 1. The number of carbonyl (C=O) groups is 2. The van der Waals surface area contributed by atoms with Gasteiger partial charge in [-0.15, -0.1) is 0 Å². The van der Waals surface area contributed by atoms with Crippen LogP contribution in [0, 0.1) is 0 Å². The van der Waals surface area contributed by atoms with E-state index < -0.39 is 12.0 Å². The molecular formula is C21H26N2O3S. The highest BCUT2D eigenvalue weighted by atomic mass is 32.2. The highest BCUT2D eigenvalue weighted by Gasteiger charge is 2.22. The summed E-state index contributed by atoms with van der Waals surface area (Å²) in [6, 6.07) is 19.1. The van der Waals surface area contributed by atoms with Crippen LogP contribution in [0.25, 0.3) is 0 Å². The molecule has 1 atom stereocenters. The van der Waals surface area contributed by atoms with E-state index in [0.29, 0.717) is 13.0 Å². The van der Waals surface area contributed by atoms with Crippen molar-refractivity contribution in [3.8, 4) is 0 Å². The summed E-state index contributed by atoms with van der Waals surface area (Å²) in [5, 5.41) is 5.62. The minimum Gasteiger partial charge on any atom is -0.467 e. The maximum atomic E-state index is 12.4. The van der Waals surface area contributed by atoms with Crippen molar-refractivity contribution in [2.75, 3.05) is 25.7 Å². The van der Waals surface area contributed by atoms with Crippen LogP contribution in [0.5, 0.6) is 0 Å². The van der Waals surface area contributed by atoms with Crippen molar-refractivity contribution in [3.05, 3.63) is 71.8 Å². The average molecular weight is 387 g/mol. The number of esters is 1. The van der Waals surface area contributed by atoms with Gasteiger partial charge in [-0.25, -0.2) is 9.59 Å². The third kappa shape index (κ3) is 6.64. The smallest absolute Gasteiger partial charge is 0.328 e. The minimum absolute atomic E-state index is 0.0286. The molecule has 5 nitrogen and oxygen atoms in total. The van der Waals surface area contributed by atoms with Gasteiger partial charge in [-0.3, -0.25) is 0 Å². The number of hydrogen-bond donors (Lipinski definition) is 2. The fourth-order valence-corrected chi connectivity index (χ4v) is 3.30. The first-order valence-corrected chi connectivity index (χ1v) is 10.3. The van der Waals surface area contributed by atoms with E-state index in [1.165, 1.54) is 7.11 Å². The average Bonchev–Trinajstić information content (AvgIpc) is 2.72. The summed E-state index contributed by atoms with van der Waals surface area (Å²) in [7, 11) is 1.33. The van der Waals surface area contributed by atoms with Gasteiger partial charge in [0.25, 0.3) is 0 Å². The number of amides is 2. The summed E-state index contributed by atoms with van der Waals surface area (Å²) in [6.07, 6.45) is 2.49.